The van der Waals surface area contributed by atoms with E-state index in [1.54, 1.807) is 0 Å². The molecule has 0 spiro atoms. The van der Waals surface area contributed by atoms with Gasteiger partial charge in [0.15, 0.2) is 23.3 Å². The molecule has 0 radical (unpaired) electrons. The molecule has 0 aliphatic rings. The zero-order chi connectivity index (χ0) is 18.6. The predicted molar refractivity (Wildman–Crippen MR) is 84.0 cm³/mol. The van der Waals surface area contributed by atoms with E-state index in [9.17, 15) is 27.2 Å². The van der Waals surface area contributed by atoms with Crippen molar-refractivity contribution in [3.8, 4) is 0 Å². The summed E-state index contributed by atoms with van der Waals surface area (Å²) in [6.45, 7) is 1.12. The number of nitrogens with zero attached hydrogens (tertiary/aromatic N) is 1. The first-order valence-electron chi connectivity index (χ1n) is 7.26. The molecule has 0 bridgehead atoms. The van der Waals surface area contributed by atoms with Crippen LogP contribution in [0.15, 0.2) is 36.4 Å². The highest BCUT2D eigenvalue weighted by molar-refractivity contribution is 5.94. The monoisotopic (exact) mass is 354 g/mol. The molecule has 4 nitrogen and oxygen atoms in total. The molecule has 0 heterocycles. The zero-order valence-electron chi connectivity index (χ0n) is 13.2. The first-order chi connectivity index (χ1) is 11.8. The van der Waals surface area contributed by atoms with Gasteiger partial charge >= 0.3 is 0 Å². The van der Waals surface area contributed by atoms with Crippen molar-refractivity contribution in [2.45, 2.75) is 13.3 Å². The maximum atomic E-state index is 13.3. The number of benzene rings is 2. The van der Waals surface area contributed by atoms with E-state index in [4.69, 9.17) is 0 Å². The summed E-state index contributed by atoms with van der Waals surface area (Å²) in [4.78, 5) is 24.7. The van der Waals surface area contributed by atoms with E-state index in [-0.39, 0.29) is 24.3 Å². The molecule has 0 atom stereocenters. The van der Waals surface area contributed by atoms with Gasteiger partial charge in [-0.1, -0.05) is 0 Å². The highest BCUT2D eigenvalue weighted by Gasteiger charge is 2.16. The summed E-state index contributed by atoms with van der Waals surface area (Å²) in [7, 11) is 0. The van der Waals surface area contributed by atoms with Crippen LogP contribution in [0.5, 0.6) is 0 Å². The Kier molecular flexibility index (Phi) is 5.74. The molecule has 2 rings (SSSR count). The predicted octanol–water partition coefficient (Wildman–Crippen LogP) is 3.62. The van der Waals surface area contributed by atoms with Gasteiger partial charge in [-0.05, 0) is 24.3 Å². The second-order valence-corrected chi connectivity index (χ2v) is 5.20. The number of nitrogens with one attached hydrogen (secondary N) is 1. The van der Waals surface area contributed by atoms with Crippen LogP contribution in [0.2, 0.25) is 0 Å². The lowest BCUT2D eigenvalue weighted by Gasteiger charge is -2.21. The molecule has 0 aliphatic carbocycles. The summed E-state index contributed by atoms with van der Waals surface area (Å²) in [5, 5.41) is 2.36. The van der Waals surface area contributed by atoms with Gasteiger partial charge in [0.1, 0.15) is 0 Å². The Hall–Kier alpha value is -2.90. The highest BCUT2D eigenvalue weighted by Crippen LogP contribution is 2.19. The molecule has 2 aromatic carbocycles. The van der Waals surface area contributed by atoms with E-state index >= 15 is 0 Å². The van der Waals surface area contributed by atoms with Crippen LogP contribution >= 0.6 is 0 Å². The molecular weight excluding hydrogens is 340 g/mol. The van der Waals surface area contributed by atoms with Crippen LogP contribution in [0.1, 0.15) is 13.3 Å². The van der Waals surface area contributed by atoms with Gasteiger partial charge in [-0.15, -0.1) is 0 Å². The maximum absolute atomic E-state index is 13.3. The van der Waals surface area contributed by atoms with Crippen molar-refractivity contribution in [2.24, 2.45) is 0 Å². The zero-order valence-corrected chi connectivity index (χ0v) is 13.2. The summed E-state index contributed by atoms with van der Waals surface area (Å²) >= 11 is 0. The van der Waals surface area contributed by atoms with Gasteiger partial charge in [-0.3, -0.25) is 9.59 Å². The molecule has 132 valence electrons. The highest BCUT2D eigenvalue weighted by atomic mass is 19.2. The molecule has 1 N–H and O–H groups in total. The van der Waals surface area contributed by atoms with Crippen LogP contribution in [0.4, 0.5) is 28.9 Å². The van der Waals surface area contributed by atoms with E-state index in [2.05, 4.69) is 5.32 Å². The van der Waals surface area contributed by atoms with Crippen molar-refractivity contribution >= 4 is 23.2 Å². The number of hydrogen-bond donors (Lipinski definition) is 1. The van der Waals surface area contributed by atoms with E-state index < -0.39 is 35.1 Å². The van der Waals surface area contributed by atoms with Gasteiger partial charge in [0.05, 0.1) is 0 Å². The maximum Gasteiger partial charge on any atom is 0.226 e. The van der Waals surface area contributed by atoms with E-state index in [0.29, 0.717) is 0 Å². The molecular formula is C17H14F4N2O2. The molecule has 2 aromatic rings. The van der Waals surface area contributed by atoms with Crippen LogP contribution in [-0.4, -0.2) is 18.4 Å². The Balaban J connectivity index is 2.02. The standard InChI is InChI=1S/C17H14F4N2O2/c1-10(24)23(12-3-5-14(19)16(21)9-12)7-6-17(25)22-11-2-4-13(18)15(20)8-11/h2-5,8-9H,6-7H2,1H3,(H,22,25). The van der Waals surface area contributed by atoms with E-state index in [0.717, 1.165) is 29.2 Å². The lowest BCUT2D eigenvalue weighted by molar-refractivity contribution is -0.117. The number of amides is 2. The Morgan fingerprint density at radius 2 is 1.52 bits per heavy atom. The third-order valence-electron chi connectivity index (χ3n) is 3.36. The topological polar surface area (TPSA) is 49.4 Å². The second kappa shape index (κ2) is 7.78. The first kappa shape index (κ1) is 18.4. The molecule has 0 saturated heterocycles. The lowest BCUT2D eigenvalue weighted by Crippen LogP contribution is -2.32. The Bertz CT molecular complexity index is 811. The van der Waals surface area contributed by atoms with Crippen molar-refractivity contribution in [2.75, 3.05) is 16.8 Å². The summed E-state index contributed by atoms with van der Waals surface area (Å²) in [5.41, 5.74) is 0.165. The van der Waals surface area contributed by atoms with Crippen molar-refractivity contribution in [3.05, 3.63) is 59.7 Å². The fourth-order valence-corrected chi connectivity index (χ4v) is 2.13. The van der Waals surface area contributed by atoms with Gasteiger partial charge in [0, 0.05) is 43.4 Å². The quantitative estimate of drug-likeness (QED) is 0.834. The summed E-state index contributed by atoms with van der Waals surface area (Å²) in [6, 6.07) is 5.83. The van der Waals surface area contributed by atoms with E-state index in [1.165, 1.54) is 19.1 Å². The van der Waals surface area contributed by atoms with Gasteiger partial charge in [-0.25, -0.2) is 17.6 Å². The smallest absolute Gasteiger partial charge is 0.226 e. The summed E-state index contributed by atoms with van der Waals surface area (Å²) < 4.78 is 52.2. The van der Waals surface area contributed by atoms with Crippen molar-refractivity contribution < 1.29 is 27.2 Å². The Labute approximate surface area is 141 Å². The third kappa shape index (κ3) is 4.79. The average Bonchev–Trinajstić information content (AvgIpc) is 2.54. The number of rotatable bonds is 5. The van der Waals surface area contributed by atoms with Crippen LogP contribution in [0, 0.1) is 23.3 Å². The molecule has 2 amide bonds. The van der Waals surface area contributed by atoms with Crippen LogP contribution in [0.3, 0.4) is 0 Å². The fraction of sp³-hybridized carbons (Fsp3) is 0.176. The second-order valence-electron chi connectivity index (χ2n) is 5.20. The molecule has 0 saturated carbocycles. The molecule has 25 heavy (non-hydrogen) atoms. The minimum atomic E-state index is -1.12. The molecule has 0 unspecified atom stereocenters. The minimum absolute atomic E-state index is 0.0612. The van der Waals surface area contributed by atoms with Crippen LogP contribution in [0.25, 0.3) is 0 Å². The van der Waals surface area contributed by atoms with Crippen LogP contribution < -0.4 is 10.2 Å². The first-order valence-corrected chi connectivity index (χ1v) is 7.26. The number of halogens is 4. The Morgan fingerprint density at radius 1 is 0.920 bits per heavy atom. The van der Waals surface area contributed by atoms with Crippen LogP contribution in [-0.2, 0) is 9.59 Å². The number of carbonyl (C=O) groups excluding carboxylic acids is 2. The van der Waals surface area contributed by atoms with Crippen molar-refractivity contribution in [3.63, 3.8) is 0 Å². The molecule has 0 fully saturated rings. The fourth-order valence-electron chi connectivity index (χ4n) is 2.13. The number of carbonyl (C=O) groups is 2. The average molecular weight is 354 g/mol. The van der Waals surface area contributed by atoms with Gasteiger partial charge in [0.2, 0.25) is 11.8 Å². The van der Waals surface area contributed by atoms with Gasteiger partial charge < -0.3 is 10.2 Å². The molecule has 8 heteroatoms. The van der Waals surface area contributed by atoms with Crippen molar-refractivity contribution in [1.82, 2.24) is 0 Å². The molecule has 0 aromatic heterocycles. The Morgan fingerprint density at radius 3 is 2.08 bits per heavy atom. The largest absolute Gasteiger partial charge is 0.326 e. The lowest BCUT2D eigenvalue weighted by atomic mass is 10.2. The third-order valence-corrected chi connectivity index (χ3v) is 3.36. The minimum Gasteiger partial charge on any atom is -0.326 e. The number of hydrogen-bond acceptors (Lipinski definition) is 2. The SMILES string of the molecule is CC(=O)N(CCC(=O)Nc1ccc(F)c(F)c1)c1ccc(F)c(F)c1. The van der Waals surface area contributed by atoms with Gasteiger partial charge in [-0.2, -0.15) is 0 Å². The normalized spacial score (nSPS) is 10.4. The molecule has 0 aliphatic heterocycles. The van der Waals surface area contributed by atoms with Crippen molar-refractivity contribution in [1.29, 1.82) is 0 Å². The summed E-state index contributed by atoms with van der Waals surface area (Å²) in [6.07, 6.45) is -0.183. The van der Waals surface area contributed by atoms with Gasteiger partial charge in [0.25, 0.3) is 0 Å². The van der Waals surface area contributed by atoms with E-state index in [1.807, 2.05) is 0 Å². The summed E-state index contributed by atoms with van der Waals surface area (Å²) in [5.74, 6) is -5.34. The number of anilines is 2.